The Morgan fingerprint density at radius 1 is 1.23 bits per heavy atom. The molecule has 2 aliphatic rings. The van der Waals surface area contributed by atoms with E-state index in [0.29, 0.717) is 66.3 Å². The Kier molecular flexibility index (Phi) is 8.04. The minimum Gasteiger partial charge on any atom is -0.480 e. The molecule has 5 rings (SSSR count). The van der Waals surface area contributed by atoms with Gasteiger partial charge < -0.3 is 30.8 Å². The Labute approximate surface area is 231 Å². The topological polar surface area (TPSA) is 180 Å². The summed E-state index contributed by atoms with van der Waals surface area (Å²) in [6, 6.07) is 16.1. The molecule has 2 unspecified atom stereocenters. The van der Waals surface area contributed by atoms with E-state index in [-0.39, 0.29) is 12.6 Å². The molecule has 3 aromatic rings. The van der Waals surface area contributed by atoms with Gasteiger partial charge in [-0.25, -0.2) is 25.6 Å². The Morgan fingerprint density at radius 3 is 2.85 bits per heavy atom. The van der Waals surface area contributed by atoms with E-state index in [2.05, 4.69) is 26.3 Å². The average Bonchev–Trinajstić information content (AvgIpc) is 3.66. The summed E-state index contributed by atoms with van der Waals surface area (Å²) in [5, 5.41) is 23.6. The SMILES string of the molecule is N#Cc1cccc(-c2cc(/C(N)=C/N(N)Cc3cccc(N4CCCC4C(=O)O)n3)nc(NC3CCOC3)n2)c1. The van der Waals surface area contributed by atoms with Gasteiger partial charge >= 0.3 is 5.97 Å². The third kappa shape index (κ3) is 6.28. The number of hydrazine groups is 1. The molecule has 0 aliphatic carbocycles. The van der Waals surface area contributed by atoms with E-state index in [4.69, 9.17) is 16.3 Å². The first-order chi connectivity index (χ1) is 19.4. The lowest BCUT2D eigenvalue weighted by Crippen LogP contribution is -2.36. The normalized spacial score (nSPS) is 18.9. The summed E-state index contributed by atoms with van der Waals surface area (Å²) in [4.78, 5) is 27.4. The van der Waals surface area contributed by atoms with Crippen molar-refractivity contribution in [2.24, 2.45) is 11.6 Å². The van der Waals surface area contributed by atoms with Crippen LogP contribution < -0.4 is 21.8 Å². The van der Waals surface area contributed by atoms with Crippen LogP contribution in [0.15, 0.2) is 54.7 Å². The minimum absolute atomic E-state index is 0.0828. The van der Waals surface area contributed by atoms with Gasteiger partial charge in [0.15, 0.2) is 0 Å². The zero-order valence-corrected chi connectivity index (χ0v) is 21.9. The lowest BCUT2D eigenvalue weighted by atomic mass is 10.1. The molecule has 2 aromatic heterocycles. The smallest absolute Gasteiger partial charge is 0.326 e. The second kappa shape index (κ2) is 12.0. The number of anilines is 2. The number of carboxylic acid groups (broad SMARTS) is 1. The molecular weight excluding hydrogens is 510 g/mol. The molecule has 40 heavy (non-hydrogen) atoms. The number of nitrogens with zero attached hydrogens (tertiary/aromatic N) is 6. The monoisotopic (exact) mass is 541 g/mol. The standard InChI is InChI=1S/C28H31N9O3/c29-14-18-4-1-5-19(12-18)23-13-24(35-28(34-23)33-21-9-11-40-17-21)22(30)16-36(31)15-20-6-2-8-26(32-20)37-10-3-7-25(37)27(38)39/h1-2,4-6,8,12-13,16,21,25H,3,7,9-11,15,17,30-31H2,(H,38,39)(H,33,34,35)/b22-16-. The fourth-order valence-corrected chi connectivity index (χ4v) is 4.88. The number of aromatic nitrogens is 3. The molecule has 0 spiro atoms. The predicted molar refractivity (Wildman–Crippen MR) is 149 cm³/mol. The van der Waals surface area contributed by atoms with Gasteiger partial charge in [-0.15, -0.1) is 0 Å². The molecule has 12 nitrogen and oxygen atoms in total. The largest absolute Gasteiger partial charge is 0.480 e. The summed E-state index contributed by atoms with van der Waals surface area (Å²) < 4.78 is 5.47. The number of nitriles is 1. The van der Waals surface area contributed by atoms with Crippen LogP contribution in [0.5, 0.6) is 0 Å². The van der Waals surface area contributed by atoms with Crippen molar-refractivity contribution in [2.75, 3.05) is 30.0 Å². The first kappa shape index (κ1) is 26.9. The summed E-state index contributed by atoms with van der Waals surface area (Å²) in [5.41, 5.74) is 9.79. The van der Waals surface area contributed by atoms with Crippen molar-refractivity contribution in [3.8, 4) is 17.3 Å². The van der Waals surface area contributed by atoms with Crippen molar-refractivity contribution >= 4 is 23.4 Å². The van der Waals surface area contributed by atoms with E-state index in [0.717, 1.165) is 18.4 Å². The number of ether oxygens (including phenoxy) is 1. The summed E-state index contributed by atoms with van der Waals surface area (Å²) in [6.45, 7) is 2.12. The van der Waals surface area contributed by atoms with Crippen LogP contribution in [0.25, 0.3) is 17.0 Å². The predicted octanol–water partition coefficient (Wildman–Crippen LogP) is 2.30. The van der Waals surface area contributed by atoms with E-state index in [1.54, 1.807) is 30.5 Å². The lowest BCUT2D eigenvalue weighted by molar-refractivity contribution is -0.138. The number of pyridine rings is 1. The molecule has 1 aromatic carbocycles. The zero-order valence-electron chi connectivity index (χ0n) is 21.9. The highest BCUT2D eigenvalue weighted by atomic mass is 16.5. The zero-order chi connectivity index (χ0) is 28.1. The van der Waals surface area contributed by atoms with E-state index >= 15 is 0 Å². The maximum Gasteiger partial charge on any atom is 0.326 e. The summed E-state index contributed by atoms with van der Waals surface area (Å²) in [6.07, 6.45) is 3.81. The fraction of sp³-hybridized carbons (Fsp3) is 0.321. The quantitative estimate of drug-likeness (QED) is 0.230. The third-order valence-electron chi connectivity index (χ3n) is 6.85. The molecule has 0 bridgehead atoms. The second-order valence-corrected chi connectivity index (χ2v) is 9.79. The first-order valence-electron chi connectivity index (χ1n) is 13.1. The molecule has 2 saturated heterocycles. The van der Waals surface area contributed by atoms with Crippen molar-refractivity contribution in [3.63, 3.8) is 0 Å². The van der Waals surface area contributed by atoms with E-state index in [1.165, 1.54) is 5.01 Å². The van der Waals surface area contributed by atoms with Crippen LogP contribution >= 0.6 is 0 Å². The highest BCUT2D eigenvalue weighted by molar-refractivity contribution is 5.78. The molecule has 0 radical (unpaired) electrons. The Balaban J connectivity index is 1.38. The third-order valence-corrected chi connectivity index (χ3v) is 6.85. The molecule has 12 heteroatoms. The van der Waals surface area contributed by atoms with Gasteiger partial charge in [0.2, 0.25) is 5.95 Å². The van der Waals surface area contributed by atoms with E-state index in [9.17, 15) is 15.2 Å². The second-order valence-electron chi connectivity index (χ2n) is 9.79. The molecule has 6 N–H and O–H groups in total. The van der Waals surface area contributed by atoms with E-state index in [1.807, 2.05) is 29.2 Å². The van der Waals surface area contributed by atoms with Crippen LogP contribution in [0.4, 0.5) is 11.8 Å². The number of carboxylic acids is 1. The fourth-order valence-electron chi connectivity index (χ4n) is 4.88. The molecular formula is C28H31N9O3. The molecule has 0 saturated carbocycles. The number of hydrogen-bond donors (Lipinski definition) is 4. The summed E-state index contributed by atoms with van der Waals surface area (Å²) in [5.74, 6) is 6.46. The Morgan fingerprint density at radius 2 is 2.08 bits per heavy atom. The Hall–Kier alpha value is -4.73. The van der Waals surface area contributed by atoms with E-state index < -0.39 is 12.0 Å². The number of carbonyl (C=O) groups is 1. The number of benzene rings is 1. The van der Waals surface area contributed by atoms with Gasteiger partial charge in [0.25, 0.3) is 0 Å². The number of aliphatic carboxylic acids is 1. The Bertz CT molecular complexity index is 1450. The molecule has 2 atom stereocenters. The van der Waals surface area contributed by atoms with Crippen molar-refractivity contribution in [2.45, 2.75) is 37.9 Å². The molecule has 0 amide bonds. The molecule has 2 aliphatic heterocycles. The molecule has 4 heterocycles. The molecule has 2 fully saturated rings. The lowest BCUT2D eigenvalue weighted by Gasteiger charge is -2.23. The van der Waals surface area contributed by atoms with Crippen LogP contribution in [-0.4, -0.2) is 62.9 Å². The molecule has 206 valence electrons. The van der Waals surface area contributed by atoms with Crippen LogP contribution in [-0.2, 0) is 16.1 Å². The van der Waals surface area contributed by atoms with Gasteiger partial charge in [0.1, 0.15) is 11.9 Å². The summed E-state index contributed by atoms with van der Waals surface area (Å²) >= 11 is 0. The number of hydrogen-bond acceptors (Lipinski definition) is 11. The summed E-state index contributed by atoms with van der Waals surface area (Å²) in [7, 11) is 0. The van der Waals surface area contributed by atoms with Gasteiger partial charge in [0.05, 0.1) is 53.6 Å². The average molecular weight is 542 g/mol. The maximum atomic E-state index is 11.6. The highest BCUT2D eigenvalue weighted by Gasteiger charge is 2.31. The van der Waals surface area contributed by atoms with Crippen LogP contribution in [0.3, 0.4) is 0 Å². The van der Waals surface area contributed by atoms with Gasteiger partial charge in [-0.3, -0.25) is 0 Å². The van der Waals surface area contributed by atoms with Gasteiger partial charge in [-0.1, -0.05) is 18.2 Å². The van der Waals surface area contributed by atoms with Crippen LogP contribution in [0, 0.1) is 11.3 Å². The van der Waals surface area contributed by atoms with Gasteiger partial charge in [-0.2, -0.15) is 5.26 Å². The minimum atomic E-state index is -0.848. The number of nitrogens with two attached hydrogens (primary N) is 2. The van der Waals surface area contributed by atoms with Crippen LogP contribution in [0.1, 0.15) is 36.2 Å². The number of nitrogens with one attached hydrogen (secondary N) is 1. The number of rotatable bonds is 9. The first-order valence-corrected chi connectivity index (χ1v) is 13.1. The van der Waals surface area contributed by atoms with Gasteiger partial charge in [-0.05, 0) is 49.6 Å². The van der Waals surface area contributed by atoms with Gasteiger partial charge in [0, 0.05) is 24.9 Å². The highest BCUT2D eigenvalue weighted by Crippen LogP contribution is 2.25. The van der Waals surface area contributed by atoms with Crippen molar-refractivity contribution < 1.29 is 14.6 Å². The van der Waals surface area contributed by atoms with Crippen molar-refractivity contribution in [3.05, 3.63) is 71.7 Å². The van der Waals surface area contributed by atoms with Crippen LogP contribution in [0.2, 0.25) is 0 Å². The maximum absolute atomic E-state index is 11.6. The van der Waals surface area contributed by atoms with Crippen molar-refractivity contribution in [1.29, 1.82) is 5.26 Å². The van der Waals surface area contributed by atoms with Crippen molar-refractivity contribution in [1.82, 2.24) is 20.0 Å².